The molecule has 5 nitrogen and oxygen atoms in total. The molecule has 0 saturated carbocycles. The van der Waals surface area contributed by atoms with Crippen LogP contribution in [0.5, 0.6) is 0 Å². The van der Waals surface area contributed by atoms with Gasteiger partial charge in [0.1, 0.15) is 5.78 Å². The molecule has 1 amide bonds. The van der Waals surface area contributed by atoms with Crippen LogP contribution in [-0.4, -0.2) is 42.1 Å². The maximum Gasteiger partial charge on any atom is 0.253 e. The Bertz CT molecular complexity index is 1200. The van der Waals surface area contributed by atoms with E-state index in [2.05, 4.69) is 22.1 Å². The highest BCUT2D eigenvalue weighted by Crippen LogP contribution is 2.32. The fraction of sp³-hybridized carbons (Fsp3) is 0.267. The second kappa shape index (κ2) is 12.0. The number of aliphatic imine (C=N–C) groups is 2. The van der Waals surface area contributed by atoms with E-state index >= 15 is 0 Å². The summed E-state index contributed by atoms with van der Waals surface area (Å²) in [6.07, 6.45) is 6.81. The highest BCUT2D eigenvalue weighted by atomic mass is 16.2. The Hall–Kier alpha value is -3.86. The highest BCUT2D eigenvalue weighted by Gasteiger charge is 2.32. The van der Waals surface area contributed by atoms with Gasteiger partial charge in [0.15, 0.2) is 0 Å². The zero-order valence-corrected chi connectivity index (χ0v) is 20.1. The molecule has 0 spiro atoms. The molecule has 1 aliphatic rings. The number of ketones is 1. The number of carbonyl (C=O) groups excluding carboxylic acids is 2. The molecule has 0 unspecified atom stereocenters. The molecular weight excluding hydrogens is 434 g/mol. The molecule has 1 aliphatic heterocycles. The van der Waals surface area contributed by atoms with Crippen LogP contribution in [0.15, 0.2) is 88.8 Å². The molecule has 35 heavy (non-hydrogen) atoms. The van der Waals surface area contributed by atoms with E-state index in [0.29, 0.717) is 23.6 Å². The number of benzene rings is 3. The minimum Gasteiger partial charge on any atom is -0.337 e. The molecule has 0 bridgehead atoms. The van der Waals surface area contributed by atoms with Gasteiger partial charge in [0.25, 0.3) is 5.91 Å². The lowest BCUT2D eigenvalue weighted by Gasteiger charge is -2.39. The monoisotopic (exact) mass is 465 g/mol. The first-order chi connectivity index (χ1) is 17.1. The smallest absolute Gasteiger partial charge is 0.253 e. The molecule has 3 aromatic carbocycles. The molecule has 0 aliphatic carbocycles. The first-order valence-electron chi connectivity index (χ1n) is 12.2. The van der Waals surface area contributed by atoms with Gasteiger partial charge in [-0.2, -0.15) is 0 Å². The van der Waals surface area contributed by atoms with Crippen LogP contribution in [0, 0.1) is 0 Å². The van der Waals surface area contributed by atoms with Crippen LogP contribution in [0.1, 0.15) is 60.0 Å². The Morgan fingerprint density at radius 2 is 1.60 bits per heavy atom. The summed E-state index contributed by atoms with van der Waals surface area (Å²) in [7, 11) is 0. The van der Waals surface area contributed by atoms with E-state index in [1.807, 2.05) is 84.1 Å². The molecule has 4 rings (SSSR count). The molecule has 3 aromatic rings. The van der Waals surface area contributed by atoms with Crippen molar-refractivity contribution in [3.8, 4) is 0 Å². The number of carbonyl (C=O) groups is 2. The van der Waals surface area contributed by atoms with Crippen molar-refractivity contribution in [3.05, 3.63) is 95.6 Å². The molecule has 1 fully saturated rings. The molecule has 0 N–H and O–H groups in total. The normalized spacial score (nSPS) is 13.9. The lowest BCUT2D eigenvalue weighted by molar-refractivity contribution is -0.117. The largest absolute Gasteiger partial charge is 0.337 e. The number of hydrogen-bond acceptors (Lipinski definition) is 4. The van der Waals surface area contributed by atoms with E-state index in [1.54, 1.807) is 6.92 Å². The lowest BCUT2D eigenvalue weighted by Crippen LogP contribution is -2.48. The SMILES string of the molecule is CC(=O)CCCC/C=N/c1cc(C(=O)N2CC(c3ccccc3)C2)ccc1/N=C/c1ccccc1. The summed E-state index contributed by atoms with van der Waals surface area (Å²) in [6, 6.07) is 25.8. The predicted molar refractivity (Wildman–Crippen MR) is 143 cm³/mol. The molecule has 1 saturated heterocycles. The van der Waals surface area contributed by atoms with Crippen LogP contribution in [0.3, 0.4) is 0 Å². The summed E-state index contributed by atoms with van der Waals surface area (Å²) in [6.45, 7) is 3.07. The van der Waals surface area contributed by atoms with Crippen LogP contribution in [0.4, 0.5) is 11.4 Å². The van der Waals surface area contributed by atoms with Crippen LogP contribution in [-0.2, 0) is 4.79 Å². The van der Waals surface area contributed by atoms with E-state index in [4.69, 9.17) is 0 Å². The lowest BCUT2D eigenvalue weighted by atomic mass is 9.91. The Balaban J connectivity index is 1.47. The molecule has 0 radical (unpaired) electrons. The van der Waals surface area contributed by atoms with Crippen molar-refractivity contribution in [2.75, 3.05) is 13.1 Å². The maximum absolute atomic E-state index is 13.1. The molecular formula is C30H31N3O2. The first kappa shape index (κ1) is 24.3. The van der Waals surface area contributed by atoms with Gasteiger partial charge in [-0.05, 0) is 55.5 Å². The minimum absolute atomic E-state index is 0.0219. The van der Waals surface area contributed by atoms with Gasteiger partial charge in [-0.25, -0.2) is 0 Å². The van der Waals surface area contributed by atoms with E-state index in [-0.39, 0.29) is 11.7 Å². The number of nitrogens with zero attached hydrogens (tertiary/aromatic N) is 3. The third-order valence-corrected chi connectivity index (χ3v) is 6.16. The summed E-state index contributed by atoms with van der Waals surface area (Å²) in [5, 5.41) is 0. The maximum atomic E-state index is 13.1. The third kappa shape index (κ3) is 6.82. The Kier molecular flexibility index (Phi) is 8.34. The summed E-state index contributed by atoms with van der Waals surface area (Å²) in [5.74, 6) is 0.627. The zero-order chi connectivity index (χ0) is 24.5. The van der Waals surface area contributed by atoms with E-state index < -0.39 is 0 Å². The number of rotatable bonds is 10. The van der Waals surface area contributed by atoms with Crippen LogP contribution in [0.25, 0.3) is 0 Å². The van der Waals surface area contributed by atoms with Crippen molar-refractivity contribution in [2.24, 2.45) is 9.98 Å². The summed E-state index contributed by atoms with van der Waals surface area (Å²) < 4.78 is 0. The molecule has 0 aromatic heterocycles. The standard InChI is InChI=1S/C30H31N3O2/c1-23(34)11-5-4-10-18-31-29-19-26(16-17-28(29)32-20-24-12-6-2-7-13-24)30(35)33-21-27(22-33)25-14-8-3-9-15-25/h2-3,6-9,12-20,27H,4-5,10-11,21-22H2,1H3/b31-18+,32-20+. The van der Waals surface area contributed by atoms with E-state index in [0.717, 1.165) is 43.6 Å². The van der Waals surface area contributed by atoms with E-state index in [1.165, 1.54) is 5.56 Å². The molecule has 1 heterocycles. The van der Waals surface area contributed by atoms with Gasteiger partial charge in [-0.3, -0.25) is 14.8 Å². The van der Waals surface area contributed by atoms with Crippen molar-refractivity contribution in [2.45, 2.75) is 38.5 Å². The predicted octanol–water partition coefficient (Wildman–Crippen LogP) is 6.53. The average molecular weight is 466 g/mol. The van der Waals surface area contributed by atoms with Crippen molar-refractivity contribution < 1.29 is 9.59 Å². The Labute approximate surface area is 207 Å². The van der Waals surface area contributed by atoms with Crippen molar-refractivity contribution in [1.82, 2.24) is 4.90 Å². The summed E-state index contributed by atoms with van der Waals surface area (Å²) in [5.41, 5.74) is 4.29. The van der Waals surface area contributed by atoms with Crippen molar-refractivity contribution in [3.63, 3.8) is 0 Å². The summed E-state index contributed by atoms with van der Waals surface area (Å²) in [4.78, 5) is 35.4. The van der Waals surface area contributed by atoms with Crippen molar-refractivity contribution >= 4 is 35.5 Å². The average Bonchev–Trinajstić information content (AvgIpc) is 2.85. The van der Waals surface area contributed by atoms with Gasteiger partial charge in [-0.1, -0.05) is 60.7 Å². The van der Waals surface area contributed by atoms with Gasteiger partial charge in [-0.15, -0.1) is 0 Å². The fourth-order valence-corrected chi connectivity index (χ4v) is 4.09. The van der Waals surface area contributed by atoms with Crippen molar-refractivity contribution in [1.29, 1.82) is 0 Å². The number of likely N-dealkylation sites (tertiary alicyclic amines) is 1. The Morgan fingerprint density at radius 1 is 0.886 bits per heavy atom. The Morgan fingerprint density at radius 3 is 2.31 bits per heavy atom. The number of unbranched alkanes of at least 4 members (excludes halogenated alkanes) is 2. The van der Waals surface area contributed by atoms with Gasteiger partial charge in [0.05, 0.1) is 11.4 Å². The van der Waals surface area contributed by atoms with Gasteiger partial charge in [0, 0.05) is 43.4 Å². The highest BCUT2D eigenvalue weighted by molar-refractivity contribution is 5.97. The molecule has 5 heteroatoms. The van der Waals surface area contributed by atoms with Crippen LogP contribution >= 0.6 is 0 Å². The topological polar surface area (TPSA) is 62.1 Å². The second-order valence-corrected chi connectivity index (χ2v) is 8.95. The fourth-order valence-electron chi connectivity index (χ4n) is 4.09. The van der Waals surface area contributed by atoms with Crippen LogP contribution in [0.2, 0.25) is 0 Å². The quantitative estimate of drug-likeness (QED) is 0.252. The molecule has 178 valence electrons. The zero-order valence-electron chi connectivity index (χ0n) is 20.1. The number of hydrogen-bond donors (Lipinski definition) is 0. The summed E-state index contributed by atoms with van der Waals surface area (Å²) >= 11 is 0. The van der Waals surface area contributed by atoms with Gasteiger partial charge in [0.2, 0.25) is 0 Å². The first-order valence-corrected chi connectivity index (χ1v) is 12.2. The third-order valence-electron chi connectivity index (χ3n) is 6.16. The minimum atomic E-state index is 0.0219. The number of Topliss-reactive ketones (excluding diaryl/α,β-unsaturated/α-hetero) is 1. The number of amides is 1. The van der Waals surface area contributed by atoms with Gasteiger partial charge < -0.3 is 9.69 Å². The molecule has 0 atom stereocenters. The second-order valence-electron chi connectivity index (χ2n) is 8.95. The van der Waals surface area contributed by atoms with E-state index in [9.17, 15) is 9.59 Å². The van der Waals surface area contributed by atoms with Gasteiger partial charge >= 0.3 is 0 Å². The van der Waals surface area contributed by atoms with Crippen LogP contribution < -0.4 is 0 Å².